The number of pyridine rings is 1. The van der Waals surface area contributed by atoms with Crippen LogP contribution in [0.1, 0.15) is 22.3 Å². The topological polar surface area (TPSA) is 57.7 Å². The average molecular weight is 490 g/mol. The molecule has 0 atom stereocenters. The molecule has 0 N–H and O–H groups in total. The second-order valence-corrected chi connectivity index (χ2v) is 8.72. The number of carbonyl (C=O) groups excluding carboxylic acids is 1. The maximum atomic E-state index is 12.7. The molecule has 0 fully saturated rings. The standard InChI is InChI=1S/C25H22F3NO4S/c1-15-11-21(24-19(9-10-32-24)23(15)33-13-22(30)31-2)34-14-16-3-5-17(6-4-16)20-8-7-18(12-29-20)25(26,27)28/h3-8,11-12H,9-10,13-14H2,1-2H3. The zero-order valence-electron chi connectivity index (χ0n) is 18.6. The number of hydrogen-bond donors (Lipinski definition) is 0. The zero-order valence-corrected chi connectivity index (χ0v) is 19.4. The SMILES string of the molecule is COC(=O)COc1c(C)cc(SCc2ccc(-c3ccc(C(F)(F)F)cn3)cc2)c2c1CCO2. The molecule has 1 aliphatic rings. The van der Waals surface area contributed by atoms with E-state index in [9.17, 15) is 18.0 Å². The summed E-state index contributed by atoms with van der Waals surface area (Å²) in [6.07, 6.45) is -2.85. The summed E-state index contributed by atoms with van der Waals surface area (Å²) in [5.74, 6) is 1.68. The molecule has 0 saturated heterocycles. The van der Waals surface area contributed by atoms with Gasteiger partial charge in [0.25, 0.3) is 0 Å². The van der Waals surface area contributed by atoms with Gasteiger partial charge in [-0.1, -0.05) is 24.3 Å². The summed E-state index contributed by atoms with van der Waals surface area (Å²) in [5, 5.41) is 0. The molecule has 2 heterocycles. The number of fused-ring (bicyclic) bond motifs is 1. The molecule has 178 valence electrons. The number of nitrogens with zero attached hydrogens (tertiary/aromatic N) is 1. The van der Waals surface area contributed by atoms with Crippen LogP contribution in [0.4, 0.5) is 13.2 Å². The molecule has 34 heavy (non-hydrogen) atoms. The summed E-state index contributed by atoms with van der Waals surface area (Å²) in [6, 6.07) is 12.0. The molecule has 0 amide bonds. The first-order valence-corrected chi connectivity index (χ1v) is 11.5. The van der Waals surface area contributed by atoms with Crippen molar-refractivity contribution in [2.24, 2.45) is 0 Å². The molecule has 3 aromatic rings. The van der Waals surface area contributed by atoms with Gasteiger partial charge >= 0.3 is 12.1 Å². The van der Waals surface area contributed by atoms with Gasteiger partial charge in [-0.3, -0.25) is 4.98 Å². The second kappa shape index (κ2) is 9.97. The van der Waals surface area contributed by atoms with Crippen LogP contribution in [0.2, 0.25) is 0 Å². The molecule has 0 radical (unpaired) electrons. The van der Waals surface area contributed by atoms with Gasteiger partial charge in [-0.25, -0.2) is 4.79 Å². The summed E-state index contributed by atoms with van der Waals surface area (Å²) in [5.41, 5.74) is 3.38. The highest BCUT2D eigenvalue weighted by molar-refractivity contribution is 7.98. The van der Waals surface area contributed by atoms with E-state index in [0.717, 1.165) is 45.2 Å². The fourth-order valence-electron chi connectivity index (χ4n) is 3.62. The van der Waals surface area contributed by atoms with E-state index in [1.54, 1.807) is 11.8 Å². The smallest absolute Gasteiger partial charge is 0.417 e. The molecule has 9 heteroatoms. The van der Waals surface area contributed by atoms with Crippen LogP contribution >= 0.6 is 11.8 Å². The molecule has 1 aromatic heterocycles. The van der Waals surface area contributed by atoms with E-state index in [1.165, 1.54) is 13.2 Å². The van der Waals surface area contributed by atoms with Crippen LogP contribution in [0.15, 0.2) is 53.6 Å². The molecule has 0 unspecified atom stereocenters. The van der Waals surface area contributed by atoms with Gasteiger partial charge in [-0.05, 0) is 36.2 Å². The summed E-state index contributed by atoms with van der Waals surface area (Å²) < 4.78 is 54.4. The molecule has 0 spiro atoms. The number of esters is 1. The monoisotopic (exact) mass is 489 g/mol. The van der Waals surface area contributed by atoms with Crippen LogP contribution in [0, 0.1) is 6.92 Å². The van der Waals surface area contributed by atoms with Crippen LogP contribution in [0.3, 0.4) is 0 Å². The Morgan fingerprint density at radius 2 is 1.94 bits per heavy atom. The average Bonchev–Trinajstić information content (AvgIpc) is 3.32. The first-order valence-electron chi connectivity index (χ1n) is 10.5. The van der Waals surface area contributed by atoms with E-state index < -0.39 is 17.7 Å². The van der Waals surface area contributed by atoms with Gasteiger partial charge < -0.3 is 14.2 Å². The molecule has 0 bridgehead atoms. The molecule has 0 aliphatic carbocycles. The lowest BCUT2D eigenvalue weighted by atomic mass is 10.1. The predicted molar refractivity (Wildman–Crippen MR) is 122 cm³/mol. The van der Waals surface area contributed by atoms with Crippen molar-refractivity contribution in [3.63, 3.8) is 0 Å². The third kappa shape index (κ3) is 5.30. The zero-order chi connectivity index (χ0) is 24.3. The van der Waals surface area contributed by atoms with Gasteiger partial charge in [-0.2, -0.15) is 13.2 Å². The van der Waals surface area contributed by atoms with Crippen LogP contribution in [-0.4, -0.2) is 31.3 Å². The maximum Gasteiger partial charge on any atom is 0.417 e. The molecule has 4 rings (SSSR count). The van der Waals surface area contributed by atoms with Crippen molar-refractivity contribution >= 4 is 17.7 Å². The van der Waals surface area contributed by atoms with Crippen LogP contribution in [0.25, 0.3) is 11.3 Å². The van der Waals surface area contributed by atoms with Crippen molar-refractivity contribution in [2.75, 3.05) is 20.3 Å². The number of thioether (sulfide) groups is 1. The maximum absolute atomic E-state index is 12.7. The summed E-state index contributed by atoms with van der Waals surface area (Å²) in [6.45, 7) is 2.33. The first-order chi connectivity index (χ1) is 16.3. The molecular weight excluding hydrogens is 467 g/mol. The lowest BCUT2D eigenvalue weighted by molar-refractivity contribution is -0.143. The minimum absolute atomic E-state index is 0.156. The Balaban J connectivity index is 1.45. The van der Waals surface area contributed by atoms with E-state index >= 15 is 0 Å². The number of benzene rings is 2. The minimum atomic E-state index is -4.40. The van der Waals surface area contributed by atoms with Gasteiger partial charge in [0, 0.05) is 29.5 Å². The normalized spacial score (nSPS) is 12.7. The number of rotatable bonds is 7. The van der Waals surface area contributed by atoms with Crippen molar-refractivity contribution in [3.05, 3.63) is 70.9 Å². The van der Waals surface area contributed by atoms with E-state index in [-0.39, 0.29) is 6.61 Å². The van der Waals surface area contributed by atoms with Crippen molar-refractivity contribution in [3.8, 4) is 22.8 Å². The Bertz CT molecular complexity index is 1180. The lowest BCUT2D eigenvalue weighted by Gasteiger charge is -2.15. The lowest BCUT2D eigenvalue weighted by Crippen LogP contribution is -2.13. The van der Waals surface area contributed by atoms with Crippen molar-refractivity contribution in [1.29, 1.82) is 0 Å². The Labute approximate surface area is 199 Å². The van der Waals surface area contributed by atoms with Crippen molar-refractivity contribution in [2.45, 2.75) is 30.2 Å². The van der Waals surface area contributed by atoms with E-state index in [0.29, 0.717) is 30.2 Å². The minimum Gasteiger partial charge on any atom is -0.492 e. The quantitative estimate of drug-likeness (QED) is 0.306. The first kappa shape index (κ1) is 23.9. The van der Waals surface area contributed by atoms with Gasteiger partial charge in [-0.15, -0.1) is 11.8 Å². The largest absolute Gasteiger partial charge is 0.492 e. The van der Waals surface area contributed by atoms with Gasteiger partial charge in [0.2, 0.25) is 0 Å². The Hall–Kier alpha value is -3.20. The third-order valence-corrected chi connectivity index (χ3v) is 6.46. The molecule has 0 saturated carbocycles. The fraction of sp³-hybridized carbons (Fsp3) is 0.280. The number of aromatic nitrogens is 1. The number of methoxy groups -OCH3 is 1. The Kier molecular flexibility index (Phi) is 7.02. The number of aryl methyl sites for hydroxylation is 1. The second-order valence-electron chi connectivity index (χ2n) is 7.71. The summed E-state index contributed by atoms with van der Waals surface area (Å²) in [4.78, 5) is 16.4. The highest BCUT2D eigenvalue weighted by atomic mass is 32.2. The van der Waals surface area contributed by atoms with Crippen molar-refractivity contribution < 1.29 is 32.2 Å². The highest BCUT2D eigenvalue weighted by Gasteiger charge is 2.30. The Morgan fingerprint density at radius 1 is 1.18 bits per heavy atom. The van der Waals surface area contributed by atoms with Gasteiger partial charge in [0.15, 0.2) is 6.61 Å². The van der Waals surface area contributed by atoms with Gasteiger partial charge in [0.05, 0.1) is 29.9 Å². The third-order valence-electron chi connectivity index (χ3n) is 5.37. The number of carbonyl (C=O) groups is 1. The number of ether oxygens (including phenoxy) is 3. The molecule has 2 aromatic carbocycles. The van der Waals surface area contributed by atoms with Crippen LogP contribution in [0.5, 0.6) is 11.5 Å². The van der Waals surface area contributed by atoms with E-state index in [1.807, 2.05) is 37.3 Å². The fourth-order valence-corrected chi connectivity index (χ4v) is 4.71. The summed E-state index contributed by atoms with van der Waals surface area (Å²) in [7, 11) is 1.32. The van der Waals surface area contributed by atoms with Crippen LogP contribution < -0.4 is 9.47 Å². The highest BCUT2D eigenvalue weighted by Crippen LogP contribution is 2.44. The van der Waals surface area contributed by atoms with Gasteiger partial charge in [0.1, 0.15) is 11.5 Å². The number of hydrogen-bond acceptors (Lipinski definition) is 6. The molecular formula is C25H22F3NO4S. The van der Waals surface area contributed by atoms with E-state index in [2.05, 4.69) is 9.72 Å². The predicted octanol–water partition coefficient (Wildman–Crippen LogP) is 5.85. The molecule has 5 nitrogen and oxygen atoms in total. The summed E-state index contributed by atoms with van der Waals surface area (Å²) >= 11 is 1.62. The van der Waals surface area contributed by atoms with Crippen LogP contribution in [-0.2, 0) is 27.9 Å². The number of alkyl halides is 3. The molecule has 1 aliphatic heterocycles. The van der Waals surface area contributed by atoms with E-state index in [4.69, 9.17) is 9.47 Å². The van der Waals surface area contributed by atoms with Crippen molar-refractivity contribution in [1.82, 2.24) is 4.98 Å². The Morgan fingerprint density at radius 3 is 2.59 bits per heavy atom. The number of halogens is 3.